The minimum Gasteiger partial charge on any atom is -0.493 e. The summed E-state index contributed by atoms with van der Waals surface area (Å²) in [6.07, 6.45) is 4.65. The summed E-state index contributed by atoms with van der Waals surface area (Å²) in [5.74, 6) is 0.325. The lowest BCUT2D eigenvalue weighted by Gasteiger charge is -2.06. The van der Waals surface area contributed by atoms with Crippen LogP contribution in [-0.4, -0.2) is 6.61 Å². The number of ether oxygens (including phenoxy) is 1. The van der Waals surface area contributed by atoms with Crippen molar-refractivity contribution in [3.05, 3.63) is 28.5 Å². The van der Waals surface area contributed by atoms with Crippen molar-refractivity contribution in [1.29, 1.82) is 0 Å². The van der Waals surface area contributed by atoms with Gasteiger partial charge in [0.1, 0.15) is 11.6 Å². The molecule has 84 valence electrons. The van der Waals surface area contributed by atoms with Crippen molar-refractivity contribution >= 4 is 15.9 Å². The first-order valence-corrected chi connectivity index (χ1v) is 6.10. The number of benzene rings is 1. The summed E-state index contributed by atoms with van der Waals surface area (Å²) >= 11 is 3.23. The highest BCUT2D eigenvalue weighted by atomic mass is 79.9. The molecule has 0 aliphatic carbocycles. The molecule has 0 aliphatic rings. The Morgan fingerprint density at radius 1 is 1.20 bits per heavy atom. The van der Waals surface area contributed by atoms with Gasteiger partial charge in [0.2, 0.25) is 0 Å². The molecule has 0 radical (unpaired) electrons. The van der Waals surface area contributed by atoms with Crippen LogP contribution in [0.4, 0.5) is 4.39 Å². The summed E-state index contributed by atoms with van der Waals surface area (Å²) < 4.78 is 19.1. The molecule has 0 atom stereocenters. The molecule has 1 aromatic rings. The average molecular weight is 275 g/mol. The number of rotatable bonds is 6. The van der Waals surface area contributed by atoms with Crippen molar-refractivity contribution in [2.75, 3.05) is 6.61 Å². The smallest absolute Gasteiger partial charge is 0.128 e. The van der Waals surface area contributed by atoms with Crippen molar-refractivity contribution in [3.8, 4) is 5.75 Å². The van der Waals surface area contributed by atoms with Gasteiger partial charge in [-0.2, -0.15) is 0 Å². The fraction of sp³-hybridized carbons (Fsp3) is 0.500. The van der Waals surface area contributed by atoms with E-state index < -0.39 is 0 Å². The van der Waals surface area contributed by atoms with Crippen molar-refractivity contribution in [2.45, 2.75) is 32.6 Å². The second kappa shape index (κ2) is 6.83. The fourth-order valence-corrected chi connectivity index (χ4v) is 1.78. The Balaban J connectivity index is 2.31. The van der Waals surface area contributed by atoms with Crippen molar-refractivity contribution in [2.24, 2.45) is 0 Å². The van der Waals surface area contributed by atoms with Crippen LogP contribution >= 0.6 is 15.9 Å². The van der Waals surface area contributed by atoms with Crippen LogP contribution in [-0.2, 0) is 0 Å². The van der Waals surface area contributed by atoms with Crippen molar-refractivity contribution in [3.63, 3.8) is 0 Å². The van der Waals surface area contributed by atoms with Gasteiger partial charge in [0.25, 0.3) is 0 Å². The van der Waals surface area contributed by atoms with E-state index in [-0.39, 0.29) is 5.82 Å². The maximum absolute atomic E-state index is 12.9. The highest BCUT2D eigenvalue weighted by Crippen LogP contribution is 2.20. The monoisotopic (exact) mass is 274 g/mol. The Morgan fingerprint density at radius 2 is 2.00 bits per heavy atom. The molecular formula is C12H16BrFO. The molecule has 1 rings (SSSR count). The quantitative estimate of drug-likeness (QED) is 0.692. The van der Waals surface area contributed by atoms with Crippen LogP contribution in [0.1, 0.15) is 32.6 Å². The van der Waals surface area contributed by atoms with E-state index in [0.717, 1.165) is 6.42 Å². The molecule has 0 bridgehead atoms. The van der Waals surface area contributed by atoms with Crippen LogP contribution in [0.3, 0.4) is 0 Å². The lowest BCUT2D eigenvalue weighted by Crippen LogP contribution is -1.97. The first-order chi connectivity index (χ1) is 7.22. The van der Waals surface area contributed by atoms with Crippen LogP contribution in [0.15, 0.2) is 22.7 Å². The van der Waals surface area contributed by atoms with Crippen LogP contribution < -0.4 is 4.74 Å². The van der Waals surface area contributed by atoms with Gasteiger partial charge < -0.3 is 4.74 Å². The Morgan fingerprint density at radius 3 is 2.67 bits per heavy atom. The predicted octanol–water partition coefficient (Wildman–Crippen LogP) is 4.55. The minimum absolute atomic E-state index is 0.270. The van der Waals surface area contributed by atoms with E-state index in [1.807, 2.05) is 0 Å². The van der Waals surface area contributed by atoms with Gasteiger partial charge in [-0.1, -0.05) is 42.1 Å². The molecule has 1 aromatic carbocycles. The third-order valence-corrected chi connectivity index (χ3v) is 2.56. The van der Waals surface area contributed by atoms with E-state index in [0.29, 0.717) is 16.8 Å². The van der Waals surface area contributed by atoms with Crippen molar-refractivity contribution < 1.29 is 9.13 Å². The average Bonchev–Trinajstić information content (AvgIpc) is 2.16. The largest absolute Gasteiger partial charge is 0.493 e. The number of unbranched alkanes of at least 4 members (excludes halogenated alkanes) is 3. The molecule has 15 heavy (non-hydrogen) atoms. The predicted molar refractivity (Wildman–Crippen MR) is 63.7 cm³/mol. The van der Waals surface area contributed by atoms with Gasteiger partial charge in [-0.15, -0.1) is 0 Å². The second-order valence-electron chi connectivity index (χ2n) is 3.51. The molecule has 3 heteroatoms. The first kappa shape index (κ1) is 12.5. The molecule has 0 amide bonds. The molecule has 0 spiro atoms. The van der Waals surface area contributed by atoms with Gasteiger partial charge in [0.05, 0.1) is 6.61 Å². The van der Waals surface area contributed by atoms with E-state index in [9.17, 15) is 4.39 Å². The second-order valence-corrected chi connectivity index (χ2v) is 4.43. The zero-order valence-electron chi connectivity index (χ0n) is 8.93. The van der Waals surface area contributed by atoms with E-state index in [1.165, 1.54) is 31.4 Å². The van der Waals surface area contributed by atoms with Gasteiger partial charge in [-0.25, -0.2) is 4.39 Å². The minimum atomic E-state index is -0.270. The Bertz CT molecular complexity index is 281. The molecule has 1 nitrogen and oxygen atoms in total. The van der Waals surface area contributed by atoms with E-state index in [2.05, 4.69) is 22.9 Å². The molecule has 0 N–H and O–H groups in total. The van der Waals surface area contributed by atoms with Gasteiger partial charge in [0.15, 0.2) is 0 Å². The highest BCUT2D eigenvalue weighted by molar-refractivity contribution is 9.10. The summed E-state index contributed by atoms with van der Waals surface area (Å²) in [7, 11) is 0. The molecule has 0 saturated heterocycles. The zero-order chi connectivity index (χ0) is 11.1. The Labute approximate surface area is 98.8 Å². The van der Waals surface area contributed by atoms with Crippen molar-refractivity contribution in [1.82, 2.24) is 0 Å². The summed E-state index contributed by atoms with van der Waals surface area (Å²) in [6.45, 7) is 2.83. The summed E-state index contributed by atoms with van der Waals surface area (Å²) in [5.41, 5.74) is 0. The Kier molecular flexibility index (Phi) is 5.69. The first-order valence-electron chi connectivity index (χ1n) is 5.31. The normalized spacial score (nSPS) is 10.3. The van der Waals surface area contributed by atoms with Crippen LogP contribution in [0.2, 0.25) is 0 Å². The maximum atomic E-state index is 12.9. The number of halogens is 2. The molecule has 0 heterocycles. The molecular weight excluding hydrogens is 259 g/mol. The number of hydrogen-bond acceptors (Lipinski definition) is 1. The topological polar surface area (TPSA) is 9.23 Å². The van der Waals surface area contributed by atoms with Crippen LogP contribution in [0, 0.1) is 5.82 Å². The summed E-state index contributed by atoms with van der Waals surface area (Å²) in [6, 6.07) is 4.61. The summed E-state index contributed by atoms with van der Waals surface area (Å²) in [5, 5.41) is 0. The van der Waals surface area contributed by atoms with Crippen LogP contribution in [0.25, 0.3) is 0 Å². The SMILES string of the molecule is CCCCCCOc1cc(F)cc(Br)c1. The standard InChI is InChI=1S/C12H16BrFO/c1-2-3-4-5-6-15-12-8-10(13)7-11(14)9-12/h7-9H,2-6H2,1H3. The highest BCUT2D eigenvalue weighted by Gasteiger charge is 1.99. The Hall–Kier alpha value is -0.570. The summed E-state index contributed by atoms with van der Waals surface area (Å²) in [4.78, 5) is 0. The lowest BCUT2D eigenvalue weighted by atomic mass is 10.2. The zero-order valence-corrected chi connectivity index (χ0v) is 10.5. The van der Waals surface area contributed by atoms with Crippen LogP contribution in [0.5, 0.6) is 5.75 Å². The molecule has 0 unspecified atom stereocenters. The van der Waals surface area contributed by atoms with E-state index in [4.69, 9.17) is 4.74 Å². The fourth-order valence-electron chi connectivity index (χ4n) is 1.33. The lowest BCUT2D eigenvalue weighted by molar-refractivity contribution is 0.303. The molecule has 0 fully saturated rings. The third kappa shape index (κ3) is 5.17. The number of hydrogen-bond donors (Lipinski definition) is 0. The molecule has 0 aromatic heterocycles. The third-order valence-electron chi connectivity index (χ3n) is 2.10. The van der Waals surface area contributed by atoms with Gasteiger partial charge in [-0.05, 0) is 18.6 Å². The molecule has 0 aliphatic heterocycles. The van der Waals surface area contributed by atoms with E-state index in [1.54, 1.807) is 6.07 Å². The molecule has 0 saturated carbocycles. The maximum Gasteiger partial charge on any atom is 0.128 e. The van der Waals surface area contributed by atoms with Gasteiger partial charge >= 0.3 is 0 Å². The van der Waals surface area contributed by atoms with Gasteiger partial charge in [-0.3, -0.25) is 0 Å². The van der Waals surface area contributed by atoms with E-state index >= 15 is 0 Å². The van der Waals surface area contributed by atoms with Gasteiger partial charge in [0, 0.05) is 10.5 Å².